The summed E-state index contributed by atoms with van der Waals surface area (Å²) in [4.78, 5) is 11.4. The molecule has 0 aliphatic heterocycles. The molecule has 1 aromatic carbocycles. The van der Waals surface area contributed by atoms with Crippen molar-refractivity contribution in [2.45, 2.75) is 52.5 Å². The van der Waals surface area contributed by atoms with Crippen LogP contribution in [0, 0.1) is 0 Å². The number of imidazole rings is 1. The monoisotopic (exact) mass is 423 g/mol. The molecule has 29 heavy (non-hydrogen) atoms. The maximum absolute atomic E-state index is 12.6. The predicted octanol–water partition coefficient (Wildman–Crippen LogP) is 5.07. The van der Waals surface area contributed by atoms with Gasteiger partial charge in [-0.15, -0.1) is 0 Å². The van der Waals surface area contributed by atoms with Crippen LogP contribution in [0.2, 0.25) is 0 Å². The number of fused-ring (bicyclic) bond motifs is 1. The van der Waals surface area contributed by atoms with E-state index in [0.717, 1.165) is 0 Å². The second-order valence-corrected chi connectivity index (χ2v) is 6.09. The van der Waals surface area contributed by atoms with Crippen LogP contribution in [0.15, 0.2) is 35.6 Å². The Balaban J connectivity index is 0.00000120. The van der Waals surface area contributed by atoms with Crippen molar-refractivity contribution in [2.24, 2.45) is 0 Å². The quantitative estimate of drug-likeness (QED) is 0.595. The summed E-state index contributed by atoms with van der Waals surface area (Å²) in [5, 5.41) is 9.79. The summed E-state index contributed by atoms with van der Waals surface area (Å²) in [7, 11) is 1.60. The molecule has 7 nitrogen and oxygen atoms in total. The fraction of sp³-hybridized carbons (Fsp3) is 0.429. The minimum absolute atomic E-state index is 0.120. The molecular weight excluding hydrogens is 390 g/mol. The van der Waals surface area contributed by atoms with Crippen LogP contribution in [0.1, 0.15) is 47.2 Å². The molecule has 2 N–H and O–H groups in total. The highest BCUT2D eigenvalue weighted by molar-refractivity contribution is 7.84. The first-order valence-electron chi connectivity index (χ1n) is 9.75. The molecule has 0 amide bonds. The lowest BCUT2D eigenvalue weighted by Gasteiger charge is -2.10. The van der Waals surface area contributed by atoms with Gasteiger partial charge in [0, 0.05) is 18.3 Å². The van der Waals surface area contributed by atoms with Gasteiger partial charge in [-0.3, -0.25) is 9.19 Å². The van der Waals surface area contributed by atoms with Crippen molar-refractivity contribution in [3.63, 3.8) is 0 Å². The highest BCUT2D eigenvalue weighted by Gasteiger charge is 2.17. The van der Waals surface area contributed by atoms with E-state index in [1.165, 1.54) is 26.4 Å². The van der Waals surface area contributed by atoms with E-state index >= 15 is 0 Å². The summed E-state index contributed by atoms with van der Waals surface area (Å²) in [5.74, 6) is 1.24. The number of aromatic amines is 1. The van der Waals surface area contributed by atoms with Gasteiger partial charge in [-0.05, 0) is 12.1 Å². The van der Waals surface area contributed by atoms with E-state index in [1.54, 1.807) is 18.3 Å². The molecule has 0 saturated heterocycles. The number of pyridine rings is 1. The summed E-state index contributed by atoms with van der Waals surface area (Å²) in [6, 6.07) is 6.40. The topological polar surface area (TPSA) is 97.3 Å². The van der Waals surface area contributed by atoms with Gasteiger partial charge in [0.15, 0.2) is 16.7 Å². The highest BCUT2D eigenvalue weighted by atomic mass is 32.2. The fourth-order valence-corrected chi connectivity index (χ4v) is 3.24. The first kappa shape index (κ1) is 26.4. The van der Waals surface area contributed by atoms with Crippen molar-refractivity contribution >= 4 is 21.8 Å². The predicted molar refractivity (Wildman–Crippen MR) is 119 cm³/mol. The Morgan fingerprint density at radius 3 is 2.28 bits per heavy atom. The van der Waals surface area contributed by atoms with Gasteiger partial charge in [-0.1, -0.05) is 41.5 Å². The summed E-state index contributed by atoms with van der Waals surface area (Å²) in [5.41, 5.74) is 1.78. The standard InChI is InChI=1S/C15H15N3O4S.3C2H6/c1-21-13-5-6-16-12(14(13)22-2)8-23(20)15-17-10-4-3-9(19)7-11(10)18-15;3*1-2/h3-7,19H,8H2,1-2H3,(H,17,18);3*1-2H3. The third-order valence-corrected chi connectivity index (χ3v) is 4.45. The fourth-order valence-electron chi connectivity index (χ4n) is 2.23. The highest BCUT2D eigenvalue weighted by Crippen LogP contribution is 2.30. The zero-order valence-corrected chi connectivity index (χ0v) is 19.4. The van der Waals surface area contributed by atoms with Crippen LogP contribution >= 0.6 is 0 Å². The minimum atomic E-state index is -1.44. The van der Waals surface area contributed by atoms with Gasteiger partial charge < -0.3 is 19.6 Å². The van der Waals surface area contributed by atoms with Gasteiger partial charge in [0.2, 0.25) is 0 Å². The maximum Gasteiger partial charge on any atom is 0.197 e. The third-order valence-electron chi connectivity index (χ3n) is 3.29. The van der Waals surface area contributed by atoms with E-state index < -0.39 is 10.8 Å². The van der Waals surface area contributed by atoms with E-state index in [1.807, 2.05) is 41.5 Å². The number of H-pyrrole nitrogens is 1. The summed E-state index contributed by atoms with van der Waals surface area (Å²) in [6.07, 6.45) is 1.57. The Morgan fingerprint density at radius 1 is 1.03 bits per heavy atom. The zero-order valence-electron chi connectivity index (χ0n) is 18.6. The molecule has 0 saturated carbocycles. The number of methoxy groups -OCH3 is 2. The molecule has 2 heterocycles. The van der Waals surface area contributed by atoms with E-state index in [4.69, 9.17) is 9.47 Å². The number of aromatic hydroxyl groups is 1. The van der Waals surface area contributed by atoms with Crippen molar-refractivity contribution in [2.75, 3.05) is 14.2 Å². The Labute approximate surface area is 176 Å². The molecular formula is C21H33N3O4S. The van der Waals surface area contributed by atoms with Crippen LogP contribution in [0.25, 0.3) is 11.0 Å². The van der Waals surface area contributed by atoms with Gasteiger partial charge in [0.25, 0.3) is 0 Å². The van der Waals surface area contributed by atoms with E-state index in [-0.39, 0.29) is 11.5 Å². The Morgan fingerprint density at radius 2 is 1.69 bits per heavy atom. The number of nitrogens with one attached hydrogen (secondary N) is 1. The van der Waals surface area contributed by atoms with E-state index in [9.17, 15) is 9.32 Å². The summed E-state index contributed by atoms with van der Waals surface area (Å²) in [6.45, 7) is 12.0. The lowest BCUT2D eigenvalue weighted by molar-refractivity contribution is 0.350. The zero-order chi connectivity index (χ0) is 22.4. The van der Waals surface area contributed by atoms with Crippen molar-refractivity contribution in [1.82, 2.24) is 15.0 Å². The second kappa shape index (κ2) is 14.4. The number of hydrogen-bond donors (Lipinski definition) is 2. The molecule has 0 aliphatic rings. The summed E-state index contributed by atoms with van der Waals surface area (Å²) >= 11 is 0. The molecule has 0 fully saturated rings. The Kier molecular flexibility index (Phi) is 13.1. The average molecular weight is 424 g/mol. The average Bonchev–Trinajstić information content (AvgIpc) is 3.21. The number of rotatable bonds is 5. The molecule has 8 heteroatoms. The van der Waals surface area contributed by atoms with Crippen molar-refractivity contribution in [1.29, 1.82) is 0 Å². The molecule has 1 unspecified atom stereocenters. The number of ether oxygens (including phenoxy) is 2. The molecule has 0 radical (unpaired) electrons. The van der Waals surface area contributed by atoms with Crippen molar-refractivity contribution in [3.8, 4) is 17.2 Å². The smallest absolute Gasteiger partial charge is 0.197 e. The first-order valence-corrected chi connectivity index (χ1v) is 11.1. The number of nitrogens with zero attached hydrogens (tertiary/aromatic N) is 2. The van der Waals surface area contributed by atoms with Crippen LogP contribution in [-0.4, -0.2) is 38.5 Å². The lowest BCUT2D eigenvalue weighted by Crippen LogP contribution is -2.04. The van der Waals surface area contributed by atoms with Crippen LogP contribution in [-0.2, 0) is 16.6 Å². The number of benzene rings is 1. The normalized spacial score (nSPS) is 10.3. The Bertz CT molecular complexity index is 881. The minimum Gasteiger partial charge on any atom is -0.508 e. The number of aromatic nitrogens is 3. The van der Waals surface area contributed by atoms with Crippen LogP contribution in [0.4, 0.5) is 0 Å². The van der Waals surface area contributed by atoms with Crippen molar-refractivity contribution < 1.29 is 18.8 Å². The third kappa shape index (κ3) is 7.05. The van der Waals surface area contributed by atoms with E-state index in [0.29, 0.717) is 33.4 Å². The molecule has 1 atom stereocenters. The van der Waals surface area contributed by atoms with Gasteiger partial charge >= 0.3 is 0 Å². The van der Waals surface area contributed by atoms with Crippen LogP contribution in [0.3, 0.4) is 0 Å². The molecule has 3 aromatic rings. The Hall–Kier alpha value is -2.61. The second-order valence-electron chi connectivity index (χ2n) is 4.73. The maximum atomic E-state index is 12.6. The number of hydrogen-bond acceptors (Lipinski definition) is 6. The van der Waals surface area contributed by atoms with Gasteiger partial charge in [0.05, 0.1) is 47.5 Å². The van der Waals surface area contributed by atoms with Crippen molar-refractivity contribution in [3.05, 3.63) is 36.2 Å². The van der Waals surface area contributed by atoms with Crippen LogP contribution < -0.4 is 9.47 Å². The molecule has 2 aromatic heterocycles. The molecule has 3 rings (SSSR count). The molecule has 162 valence electrons. The first-order chi connectivity index (χ1) is 14.1. The van der Waals surface area contributed by atoms with Gasteiger partial charge in [-0.2, -0.15) is 0 Å². The SMILES string of the molecule is CC.CC.CC.COc1ccnc(CS(=O)c2nc3ccc(O)cc3[nH]2)c1OC. The lowest BCUT2D eigenvalue weighted by atomic mass is 10.3. The molecule has 0 aliphatic carbocycles. The molecule has 0 spiro atoms. The largest absolute Gasteiger partial charge is 0.508 e. The van der Waals surface area contributed by atoms with Gasteiger partial charge in [-0.25, -0.2) is 4.98 Å². The van der Waals surface area contributed by atoms with E-state index in [2.05, 4.69) is 15.0 Å². The number of phenols is 1. The number of phenolic OH excluding ortho intramolecular Hbond substituents is 1. The summed E-state index contributed by atoms with van der Waals surface area (Å²) < 4.78 is 23.1. The van der Waals surface area contributed by atoms with Gasteiger partial charge in [0.1, 0.15) is 5.75 Å². The molecule has 0 bridgehead atoms. The van der Waals surface area contributed by atoms with Crippen LogP contribution in [0.5, 0.6) is 17.2 Å².